The number of nitrogens with one attached hydrogen (secondary N) is 1. The molecule has 1 amide bonds. The lowest BCUT2D eigenvalue weighted by atomic mass is 9.99. The average molecular weight is 359 g/mol. The van der Waals surface area contributed by atoms with Crippen molar-refractivity contribution in [2.45, 2.75) is 59.3 Å². The Balaban J connectivity index is 1.76. The Morgan fingerprint density at radius 3 is 2.81 bits per heavy atom. The number of nitrogens with zero attached hydrogens (tertiary/aromatic N) is 4. The Morgan fingerprint density at radius 2 is 2.08 bits per heavy atom. The van der Waals surface area contributed by atoms with Gasteiger partial charge in [-0.15, -0.1) is 0 Å². The zero-order valence-corrected chi connectivity index (χ0v) is 16.0. The van der Waals surface area contributed by atoms with E-state index < -0.39 is 0 Å². The average Bonchev–Trinajstić information content (AvgIpc) is 3.01. The van der Waals surface area contributed by atoms with Gasteiger partial charge in [-0.3, -0.25) is 4.79 Å². The van der Waals surface area contributed by atoms with Gasteiger partial charge in [0.2, 0.25) is 5.91 Å². The molecule has 7 heteroatoms. The van der Waals surface area contributed by atoms with Crippen molar-refractivity contribution in [1.82, 2.24) is 20.4 Å². The summed E-state index contributed by atoms with van der Waals surface area (Å²) in [6, 6.07) is 0. The Morgan fingerprint density at radius 1 is 1.31 bits per heavy atom. The summed E-state index contributed by atoms with van der Waals surface area (Å²) in [5, 5.41) is 7.91. The quantitative estimate of drug-likeness (QED) is 0.765. The van der Waals surface area contributed by atoms with Crippen molar-refractivity contribution in [3.63, 3.8) is 0 Å². The molecular formula is C19H29N5O2. The maximum atomic E-state index is 12.0. The summed E-state index contributed by atoms with van der Waals surface area (Å²) in [6.07, 6.45) is 5.28. The van der Waals surface area contributed by atoms with Gasteiger partial charge >= 0.3 is 0 Å². The molecule has 0 unspecified atom stereocenters. The van der Waals surface area contributed by atoms with Gasteiger partial charge in [0, 0.05) is 32.5 Å². The number of hydrogen-bond acceptors (Lipinski definition) is 6. The first-order chi connectivity index (χ1) is 12.6. The number of amides is 1. The molecule has 1 saturated heterocycles. The first kappa shape index (κ1) is 18.6. The molecule has 2 aromatic heterocycles. The normalized spacial score (nSPS) is 15.6. The minimum absolute atomic E-state index is 0.0456. The molecule has 0 aromatic carbocycles. The third-order valence-corrected chi connectivity index (χ3v) is 5.05. The van der Waals surface area contributed by atoms with Crippen LogP contribution in [0.15, 0.2) is 4.52 Å². The molecule has 1 fully saturated rings. The second kappa shape index (κ2) is 8.47. The Kier molecular flexibility index (Phi) is 6.06. The second-order valence-electron chi connectivity index (χ2n) is 7.28. The first-order valence-corrected chi connectivity index (χ1v) is 9.73. The summed E-state index contributed by atoms with van der Waals surface area (Å²) in [5.74, 6) is 2.35. The van der Waals surface area contributed by atoms with E-state index >= 15 is 0 Å². The van der Waals surface area contributed by atoms with Crippen molar-refractivity contribution >= 4 is 22.8 Å². The van der Waals surface area contributed by atoms with Crippen molar-refractivity contribution in [1.29, 1.82) is 0 Å². The number of aryl methyl sites for hydroxylation is 2. The predicted octanol–water partition coefficient (Wildman–Crippen LogP) is 3.01. The SMILES string of the molecule is CCCCNC(=O)CCc1nc(N2CCC(C)CC2)c2c(C)noc2n1. The van der Waals surface area contributed by atoms with Gasteiger partial charge in [0.15, 0.2) is 0 Å². The molecule has 0 spiro atoms. The molecule has 142 valence electrons. The van der Waals surface area contributed by atoms with Crippen LogP contribution in [0.25, 0.3) is 11.1 Å². The zero-order chi connectivity index (χ0) is 18.5. The van der Waals surface area contributed by atoms with Gasteiger partial charge < -0.3 is 14.7 Å². The number of carbonyl (C=O) groups excluding carboxylic acids is 1. The molecule has 0 aliphatic carbocycles. The molecular weight excluding hydrogens is 330 g/mol. The number of fused-ring (bicyclic) bond motifs is 1. The van der Waals surface area contributed by atoms with Crippen molar-refractivity contribution in [3.05, 3.63) is 11.5 Å². The van der Waals surface area contributed by atoms with E-state index in [1.54, 1.807) is 0 Å². The van der Waals surface area contributed by atoms with E-state index in [0.29, 0.717) is 24.4 Å². The molecule has 0 atom stereocenters. The fourth-order valence-corrected chi connectivity index (χ4v) is 3.29. The molecule has 1 aliphatic heterocycles. The smallest absolute Gasteiger partial charge is 0.263 e. The zero-order valence-electron chi connectivity index (χ0n) is 16.0. The summed E-state index contributed by atoms with van der Waals surface area (Å²) in [7, 11) is 0. The molecule has 3 heterocycles. The number of rotatable bonds is 7. The van der Waals surface area contributed by atoms with Crippen molar-refractivity contribution in [2.24, 2.45) is 5.92 Å². The van der Waals surface area contributed by atoms with E-state index in [0.717, 1.165) is 68.1 Å². The molecule has 26 heavy (non-hydrogen) atoms. The molecule has 0 bridgehead atoms. The number of hydrogen-bond donors (Lipinski definition) is 1. The van der Waals surface area contributed by atoms with Gasteiger partial charge in [-0.05, 0) is 32.1 Å². The van der Waals surface area contributed by atoms with E-state index in [4.69, 9.17) is 9.51 Å². The molecule has 3 rings (SSSR count). The second-order valence-corrected chi connectivity index (χ2v) is 7.28. The van der Waals surface area contributed by atoms with E-state index in [-0.39, 0.29) is 5.91 Å². The van der Waals surface area contributed by atoms with Crippen molar-refractivity contribution in [3.8, 4) is 0 Å². The highest BCUT2D eigenvalue weighted by molar-refractivity contribution is 5.88. The molecule has 1 aliphatic rings. The predicted molar refractivity (Wildman–Crippen MR) is 101 cm³/mol. The number of unbranched alkanes of at least 4 members (excludes halogenated alkanes) is 1. The molecule has 1 N–H and O–H groups in total. The largest absolute Gasteiger partial charge is 0.356 e. The molecule has 0 saturated carbocycles. The lowest BCUT2D eigenvalue weighted by Crippen LogP contribution is -2.34. The van der Waals surface area contributed by atoms with Gasteiger partial charge in [0.25, 0.3) is 5.71 Å². The van der Waals surface area contributed by atoms with Crippen LogP contribution in [-0.4, -0.2) is 40.7 Å². The van der Waals surface area contributed by atoms with Crippen molar-refractivity contribution < 1.29 is 9.32 Å². The van der Waals surface area contributed by atoms with Gasteiger partial charge in [0.05, 0.1) is 5.69 Å². The highest BCUT2D eigenvalue weighted by Crippen LogP contribution is 2.30. The Labute approximate surface area is 154 Å². The first-order valence-electron chi connectivity index (χ1n) is 9.73. The summed E-state index contributed by atoms with van der Waals surface area (Å²) >= 11 is 0. The van der Waals surface area contributed by atoms with E-state index in [9.17, 15) is 4.79 Å². The summed E-state index contributed by atoms with van der Waals surface area (Å²) in [4.78, 5) is 23.5. The van der Waals surface area contributed by atoms with Gasteiger partial charge in [-0.2, -0.15) is 4.98 Å². The Hall–Kier alpha value is -2.18. The van der Waals surface area contributed by atoms with Crippen LogP contribution in [0, 0.1) is 12.8 Å². The number of anilines is 1. The van der Waals surface area contributed by atoms with Crippen LogP contribution >= 0.6 is 0 Å². The maximum Gasteiger partial charge on any atom is 0.263 e. The van der Waals surface area contributed by atoms with E-state index in [1.807, 2.05) is 6.92 Å². The lowest BCUT2D eigenvalue weighted by molar-refractivity contribution is -0.121. The summed E-state index contributed by atoms with van der Waals surface area (Å²) in [6.45, 7) is 9.02. The van der Waals surface area contributed by atoms with Crippen LogP contribution in [0.2, 0.25) is 0 Å². The van der Waals surface area contributed by atoms with Gasteiger partial charge in [-0.1, -0.05) is 25.4 Å². The number of aromatic nitrogens is 3. The highest BCUT2D eigenvalue weighted by atomic mass is 16.5. The molecule has 2 aromatic rings. The van der Waals surface area contributed by atoms with Crippen LogP contribution in [0.4, 0.5) is 5.82 Å². The minimum Gasteiger partial charge on any atom is -0.356 e. The molecule has 7 nitrogen and oxygen atoms in total. The monoisotopic (exact) mass is 359 g/mol. The van der Waals surface area contributed by atoms with Gasteiger partial charge in [-0.25, -0.2) is 4.98 Å². The number of piperidine rings is 1. The lowest BCUT2D eigenvalue weighted by Gasteiger charge is -2.31. The van der Waals surface area contributed by atoms with Crippen molar-refractivity contribution in [2.75, 3.05) is 24.5 Å². The third kappa shape index (κ3) is 4.31. The summed E-state index contributed by atoms with van der Waals surface area (Å²) < 4.78 is 5.40. The van der Waals surface area contributed by atoms with Crippen LogP contribution in [-0.2, 0) is 11.2 Å². The van der Waals surface area contributed by atoms with E-state index in [2.05, 4.69) is 34.2 Å². The third-order valence-electron chi connectivity index (χ3n) is 5.05. The summed E-state index contributed by atoms with van der Waals surface area (Å²) in [5.41, 5.74) is 1.34. The van der Waals surface area contributed by atoms with Crippen LogP contribution in [0.1, 0.15) is 57.5 Å². The van der Waals surface area contributed by atoms with Crippen LogP contribution < -0.4 is 10.2 Å². The number of carbonyl (C=O) groups is 1. The maximum absolute atomic E-state index is 12.0. The standard InChI is InChI=1S/C19H29N5O2/c1-4-5-10-20-16(25)7-6-15-21-18(24-11-8-13(2)9-12-24)17-14(3)23-26-19(17)22-15/h13H,4-12H2,1-3H3,(H,20,25). The minimum atomic E-state index is 0.0456. The topological polar surface area (TPSA) is 84.2 Å². The highest BCUT2D eigenvalue weighted by Gasteiger charge is 2.23. The van der Waals surface area contributed by atoms with E-state index in [1.165, 1.54) is 0 Å². The molecule has 0 radical (unpaired) electrons. The Bertz CT molecular complexity index is 750. The fraction of sp³-hybridized carbons (Fsp3) is 0.684. The van der Waals surface area contributed by atoms with Crippen LogP contribution in [0.5, 0.6) is 0 Å². The van der Waals surface area contributed by atoms with Crippen LogP contribution in [0.3, 0.4) is 0 Å². The fourth-order valence-electron chi connectivity index (χ4n) is 3.29. The van der Waals surface area contributed by atoms with Gasteiger partial charge in [0.1, 0.15) is 17.0 Å².